The fourth-order valence-electron chi connectivity index (χ4n) is 6.54. The maximum Gasteiger partial charge on any atom is 0.231 e. The number of rotatable bonds is 16. The standard InChI is InChI=1S/C38H46O4P/c1-5-6-7-8-9-10-11-21-28-33(34-29(2)35(39)37(41-3)38(42-4)36(34)40)43(30-22-15-12-16-23-30,31-24-17-13-18-25-31)32-26-19-14-20-27-32/h12-20,22-27,33H,5-11,21,28H2,1-4H3/q+1. The predicted octanol–water partition coefficient (Wildman–Crippen LogP) is 7.85. The van der Waals surface area contributed by atoms with Crippen molar-refractivity contribution in [2.45, 2.75) is 77.3 Å². The van der Waals surface area contributed by atoms with E-state index in [1.807, 2.05) is 18.2 Å². The van der Waals surface area contributed by atoms with Crippen molar-refractivity contribution in [2.75, 3.05) is 14.2 Å². The first kappa shape index (κ1) is 32.4. The van der Waals surface area contributed by atoms with Crippen LogP contribution in [0.3, 0.4) is 0 Å². The summed E-state index contributed by atoms with van der Waals surface area (Å²) < 4.78 is 11.0. The first-order valence-electron chi connectivity index (χ1n) is 15.7. The minimum Gasteiger partial charge on any atom is -0.489 e. The van der Waals surface area contributed by atoms with Gasteiger partial charge in [0.15, 0.2) is 0 Å². The number of allylic oxidation sites excluding steroid dienone is 2. The Kier molecular flexibility index (Phi) is 11.9. The molecule has 4 rings (SSSR count). The summed E-state index contributed by atoms with van der Waals surface area (Å²) >= 11 is 0. The van der Waals surface area contributed by atoms with E-state index in [0.29, 0.717) is 11.1 Å². The smallest absolute Gasteiger partial charge is 0.231 e. The van der Waals surface area contributed by atoms with Gasteiger partial charge < -0.3 is 9.47 Å². The van der Waals surface area contributed by atoms with E-state index in [9.17, 15) is 9.59 Å². The van der Waals surface area contributed by atoms with Gasteiger partial charge in [-0.15, -0.1) is 0 Å². The molecule has 0 aliphatic heterocycles. The van der Waals surface area contributed by atoms with Crippen LogP contribution in [0.1, 0.15) is 71.6 Å². The summed E-state index contributed by atoms with van der Waals surface area (Å²) in [4.78, 5) is 28.2. The lowest BCUT2D eigenvalue weighted by atomic mass is 9.89. The SMILES string of the molecule is CCCCCCCCCCC(C1=C(C)C(=O)C(OC)=C(OC)C1=O)[P+](c1ccccc1)(c1ccccc1)c1ccccc1. The molecule has 0 fully saturated rings. The Balaban J connectivity index is 1.92. The Morgan fingerprint density at radius 3 is 1.40 bits per heavy atom. The van der Waals surface area contributed by atoms with E-state index in [0.717, 1.165) is 19.3 Å². The van der Waals surface area contributed by atoms with Crippen molar-refractivity contribution in [3.8, 4) is 0 Å². The van der Waals surface area contributed by atoms with Crippen LogP contribution in [0, 0.1) is 0 Å². The number of unbranched alkanes of at least 4 members (excludes halogenated alkanes) is 7. The topological polar surface area (TPSA) is 52.6 Å². The van der Waals surface area contributed by atoms with Gasteiger partial charge in [-0.1, -0.05) is 106 Å². The number of methoxy groups -OCH3 is 2. The van der Waals surface area contributed by atoms with E-state index in [1.165, 1.54) is 68.7 Å². The lowest BCUT2D eigenvalue weighted by molar-refractivity contribution is -0.121. The number of benzene rings is 3. The molecule has 0 saturated heterocycles. The Bertz CT molecular complexity index is 1310. The zero-order chi connectivity index (χ0) is 30.7. The molecule has 3 aromatic carbocycles. The van der Waals surface area contributed by atoms with Gasteiger partial charge in [-0.2, -0.15) is 0 Å². The maximum atomic E-state index is 14.4. The van der Waals surface area contributed by atoms with Gasteiger partial charge in [0.25, 0.3) is 0 Å². The molecule has 3 aromatic rings. The fourth-order valence-corrected chi connectivity index (χ4v) is 11.7. The van der Waals surface area contributed by atoms with Crippen molar-refractivity contribution >= 4 is 34.7 Å². The number of carbonyl (C=O) groups excluding carboxylic acids is 2. The van der Waals surface area contributed by atoms with Crippen LogP contribution in [-0.2, 0) is 19.1 Å². The van der Waals surface area contributed by atoms with Gasteiger partial charge in [0.05, 0.1) is 19.8 Å². The highest BCUT2D eigenvalue weighted by Crippen LogP contribution is 2.64. The van der Waals surface area contributed by atoms with Crippen molar-refractivity contribution in [1.82, 2.24) is 0 Å². The van der Waals surface area contributed by atoms with E-state index in [4.69, 9.17) is 9.47 Å². The fraction of sp³-hybridized carbons (Fsp3) is 0.368. The van der Waals surface area contributed by atoms with Crippen LogP contribution in [0.5, 0.6) is 0 Å². The summed E-state index contributed by atoms with van der Waals surface area (Å²) in [5.41, 5.74) is 0.801. The largest absolute Gasteiger partial charge is 0.489 e. The zero-order valence-electron chi connectivity index (χ0n) is 26.2. The summed E-state index contributed by atoms with van der Waals surface area (Å²) in [6.45, 7) is 4.03. The molecule has 43 heavy (non-hydrogen) atoms. The zero-order valence-corrected chi connectivity index (χ0v) is 27.1. The minimum atomic E-state index is -2.52. The molecule has 0 aromatic heterocycles. The maximum absolute atomic E-state index is 14.4. The molecule has 0 saturated carbocycles. The van der Waals surface area contributed by atoms with Crippen LogP contribution in [0.25, 0.3) is 0 Å². The Labute approximate surface area is 258 Å². The number of carbonyl (C=O) groups is 2. The minimum absolute atomic E-state index is 0.00121. The van der Waals surface area contributed by atoms with Crippen molar-refractivity contribution in [3.05, 3.63) is 114 Å². The molecule has 1 aliphatic rings. The van der Waals surface area contributed by atoms with Crippen molar-refractivity contribution < 1.29 is 19.1 Å². The summed E-state index contributed by atoms with van der Waals surface area (Å²) in [5.74, 6) is -0.528. The average molecular weight is 598 g/mol. The molecule has 0 N–H and O–H groups in total. The molecule has 1 unspecified atom stereocenters. The van der Waals surface area contributed by atoms with Crippen molar-refractivity contribution in [3.63, 3.8) is 0 Å². The third-order valence-electron chi connectivity index (χ3n) is 8.64. The molecule has 4 nitrogen and oxygen atoms in total. The van der Waals surface area contributed by atoms with Gasteiger partial charge in [0.2, 0.25) is 23.1 Å². The van der Waals surface area contributed by atoms with Crippen LogP contribution in [-0.4, -0.2) is 31.4 Å². The predicted molar refractivity (Wildman–Crippen MR) is 180 cm³/mol. The van der Waals surface area contributed by atoms with Crippen LogP contribution < -0.4 is 15.9 Å². The molecule has 0 radical (unpaired) electrons. The number of ether oxygens (including phenoxy) is 2. The van der Waals surface area contributed by atoms with E-state index in [2.05, 4.69) is 79.7 Å². The second-order valence-electron chi connectivity index (χ2n) is 11.3. The third kappa shape index (κ3) is 6.86. The highest BCUT2D eigenvalue weighted by Gasteiger charge is 2.56. The first-order valence-corrected chi connectivity index (χ1v) is 17.6. The monoisotopic (exact) mass is 597 g/mol. The molecule has 0 bridgehead atoms. The van der Waals surface area contributed by atoms with E-state index >= 15 is 0 Å². The molecule has 0 amide bonds. The summed E-state index contributed by atoms with van der Waals surface area (Å²) in [5, 5.41) is 3.58. The molecule has 0 spiro atoms. The molecule has 226 valence electrons. The van der Waals surface area contributed by atoms with E-state index < -0.39 is 7.26 Å². The summed E-state index contributed by atoms with van der Waals surface area (Å²) in [7, 11) is 0.347. The molecular weight excluding hydrogens is 551 g/mol. The Hall–Kier alpha value is -3.49. The van der Waals surface area contributed by atoms with Gasteiger partial charge in [0.1, 0.15) is 28.8 Å². The van der Waals surface area contributed by atoms with Crippen molar-refractivity contribution in [1.29, 1.82) is 0 Å². The second kappa shape index (κ2) is 15.8. The third-order valence-corrected chi connectivity index (χ3v) is 13.4. The number of Topliss-reactive ketones (excluding diaryl/α,β-unsaturated/α-hetero) is 2. The number of hydrogen-bond donors (Lipinski definition) is 0. The van der Waals surface area contributed by atoms with Gasteiger partial charge in [-0.3, -0.25) is 9.59 Å². The Morgan fingerprint density at radius 2 is 0.977 bits per heavy atom. The number of hydrogen-bond acceptors (Lipinski definition) is 4. The van der Waals surface area contributed by atoms with Crippen molar-refractivity contribution in [2.24, 2.45) is 0 Å². The van der Waals surface area contributed by atoms with Crippen LogP contribution in [0.2, 0.25) is 0 Å². The normalized spacial score (nSPS) is 14.7. The lowest BCUT2D eigenvalue weighted by Gasteiger charge is -2.37. The van der Waals surface area contributed by atoms with Gasteiger partial charge >= 0.3 is 0 Å². The molecule has 1 atom stereocenters. The Morgan fingerprint density at radius 1 is 0.581 bits per heavy atom. The van der Waals surface area contributed by atoms with E-state index in [1.54, 1.807) is 6.92 Å². The summed E-state index contributed by atoms with van der Waals surface area (Å²) in [6.07, 6.45) is 10.3. The average Bonchev–Trinajstić information content (AvgIpc) is 3.05. The van der Waals surface area contributed by atoms with Gasteiger partial charge in [0, 0.05) is 5.57 Å². The first-order chi connectivity index (χ1) is 21.0. The quantitative estimate of drug-likeness (QED) is 0.0959. The molecule has 5 heteroatoms. The number of ketones is 2. The van der Waals surface area contributed by atoms with Crippen LogP contribution in [0.15, 0.2) is 114 Å². The van der Waals surface area contributed by atoms with E-state index in [-0.39, 0.29) is 28.7 Å². The lowest BCUT2D eigenvalue weighted by Crippen LogP contribution is -2.43. The second-order valence-corrected chi connectivity index (χ2v) is 14.9. The van der Waals surface area contributed by atoms with Gasteiger partial charge in [-0.05, 0) is 56.2 Å². The molecular formula is C38H46O4P+. The van der Waals surface area contributed by atoms with Gasteiger partial charge in [-0.25, -0.2) is 0 Å². The van der Waals surface area contributed by atoms with Crippen LogP contribution >= 0.6 is 7.26 Å². The molecule has 0 heterocycles. The summed E-state index contributed by atoms with van der Waals surface area (Å²) in [6, 6.07) is 31.8. The molecule has 1 aliphatic carbocycles. The highest BCUT2D eigenvalue weighted by molar-refractivity contribution is 7.96. The highest BCUT2D eigenvalue weighted by atomic mass is 31.2. The van der Waals surface area contributed by atoms with Crippen LogP contribution in [0.4, 0.5) is 0 Å².